The fourth-order valence-corrected chi connectivity index (χ4v) is 1.58. The zero-order chi connectivity index (χ0) is 12.3. The zero-order valence-corrected chi connectivity index (χ0v) is 9.48. The molecule has 2 aromatic rings. The van der Waals surface area contributed by atoms with E-state index in [2.05, 4.69) is 5.32 Å². The van der Waals surface area contributed by atoms with E-state index in [-0.39, 0.29) is 11.8 Å². The SMILES string of the molecule is C[C@H](NCc1ccco1)c1ccc(O)c(F)c1. The van der Waals surface area contributed by atoms with Gasteiger partial charge in [-0.25, -0.2) is 4.39 Å². The van der Waals surface area contributed by atoms with Gasteiger partial charge in [0.25, 0.3) is 0 Å². The largest absolute Gasteiger partial charge is 0.505 e. The summed E-state index contributed by atoms with van der Waals surface area (Å²) in [5, 5.41) is 12.3. The maximum absolute atomic E-state index is 13.2. The first kappa shape index (κ1) is 11.7. The molecule has 0 spiro atoms. The van der Waals surface area contributed by atoms with Gasteiger partial charge < -0.3 is 14.8 Å². The summed E-state index contributed by atoms with van der Waals surface area (Å²) in [5.41, 5.74) is 0.784. The van der Waals surface area contributed by atoms with Crippen molar-refractivity contribution in [3.63, 3.8) is 0 Å². The molecule has 1 aromatic heterocycles. The molecule has 0 saturated carbocycles. The van der Waals surface area contributed by atoms with Gasteiger partial charge in [0.15, 0.2) is 11.6 Å². The first-order chi connectivity index (χ1) is 8.16. The Morgan fingerprint density at radius 3 is 2.88 bits per heavy atom. The summed E-state index contributed by atoms with van der Waals surface area (Å²) >= 11 is 0. The minimum atomic E-state index is -0.603. The number of hydrogen-bond donors (Lipinski definition) is 2. The van der Waals surface area contributed by atoms with Crippen LogP contribution in [0.25, 0.3) is 0 Å². The van der Waals surface area contributed by atoms with Gasteiger partial charge >= 0.3 is 0 Å². The van der Waals surface area contributed by atoms with E-state index in [0.717, 1.165) is 11.3 Å². The van der Waals surface area contributed by atoms with Crippen LogP contribution in [0.4, 0.5) is 4.39 Å². The minimum Gasteiger partial charge on any atom is -0.505 e. The van der Waals surface area contributed by atoms with Crippen LogP contribution in [0.15, 0.2) is 41.0 Å². The average Bonchev–Trinajstić information content (AvgIpc) is 2.82. The molecule has 0 saturated heterocycles. The maximum atomic E-state index is 13.2. The van der Waals surface area contributed by atoms with Gasteiger partial charge in [-0.15, -0.1) is 0 Å². The number of rotatable bonds is 4. The lowest BCUT2D eigenvalue weighted by Crippen LogP contribution is -2.17. The molecule has 0 aliphatic heterocycles. The zero-order valence-electron chi connectivity index (χ0n) is 9.48. The average molecular weight is 235 g/mol. The number of hydrogen-bond acceptors (Lipinski definition) is 3. The molecule has 0 fully saturated rings. The molecule has 3 nitrogen and oxygen atoms in total. The molecule has 17 heavy (non-hydrogen) atoms. The fourth-order valence-electron chi connectivity index (χ4n) is 1.58. The van der Waals surface area contributed by atoms with Crippen molar-refractivity contribution in [3.8, 4) is 5.75 Å². The van der Waals surface area contributed by atoms with Crippen molar-refractivity contribution in [1.29, 1.82) is 0 Å². The van der Waals surface area contributed by atoms with Gasteiger partial charge in [-0.3, -0.25) is 0 Å². The Kier molecular flexibility index (Phi) is 3.44. The molecule has 0 radical (unpaired) electrons. The van der Waals surface area contributed by atoms with Crippen LogP contribution in [0.1, 0.15) is 24.3 Å². The molecule has 90 valence electrons. The predicted octanol–water partition coefficient (Wildman–Crippen LogP) is 2.98. The Bertz CT molecular complexity index is 482. The smallest absolute Gasteiger partial charge is 0.165 e. The van der Waals surface area contributed by atoms with Crippen molar-refractivity contribution in [1.82, 2.24) is 5.32 Å². The Morgan fingerprint density at radius 1 is 1.41 bits per heavy atom. The minimum absolute atomic E-state index is 0.0183. The third kappa shape index (κ3) is 2.85. The Labute approximate surface area is 98.9 Å². The number of aromatic hydroxyl groups is 1. The van der Waals surface area contributed by atoms with Crippen LogP contribution >= 0.6 is 0 Å². The number of furan rings is 1. The van der Waals surface area contributed by atoms with Crippen LogP contribution in [0, 0.1) is 5.82 Å². The van der Waals surface area contributed by atoms with Crippen LogP contribution in [-0.2, 0) is 6.54 Å². The number of phenols is 1. The molecule has 1 aromatic carbocycles. The number of benzene rings is 1. The lowest BCUT2D eigenvalue weighted by atomic mass is 10.1. The highest BCUT2D eigenvalue weighted by Gasteiger charge is 2.08. The van der Waals surface area contributed by atoms with Gasteiger partial charge in [0, 0.05) is 6.04 Å². The first-order valence-corrected chi connectivity index (χ1v) is 5.41. The predicted molar refractivity (Wildman–Crippen MR) is 62.0 cm³/mol. The van der Waals surface area contributed by atoms with E-state index in [1.165, 1.54) is 12.1 Å². The van der Waals surface area contributed by atoms with Crippen molar-refractivity contribution in [2.75, 3.05) is 0 Å². The molecule has 0 aliphatic carbocycles. The molecular weight excluding hydrogens is 221 g/mol. The second kappa shape index (κ2) is 5.01. The first-order valence-electron chi connectivity index (χ1n) is 5.41. The molecule has 0 aliphatic rings. The van der Waals surface area contributed by atoms with E-state index in [0.29, 0.717) is 6.54 Å². The molecule has 4 heteroatoms. The fraction of sp³-hybridized carbons (Fsp3) is 0.231. The number of nitrogens with one attached hydrogen (secondary N) is 1. The molecule has 1 heterocycles. The van der Waals surface area contributed by atoms with E-state index in [1.807, 2.05) is 19.1 Å². The topological polar surface area (TPSA) is 45.4 Å². The Balaban J connectivity index is 1.99. The summed E-state index contributed by atoms with van der Waals surface area (Å²) in [6.07, 6.45) is 1.61. The van der Waals surface area contributed by atoms with Crippen molar-refractivity contribution in [2.24, 2.45) is 0 Å². The normalized spacial score (nSPS) is 12.6. The lowest BCUT2D eigenvalue weighted by Gasteiger charge is -2.13. The highest BCUT2D eigenvalue weighted by atomic mass is 19.1. The molecule has 2 N–H and O–H groups in total. The lowest BCUT2D eigenvalue weighted by molar-refractivity contribution is 0.429. The van der Waals surface area contributed by atoms with Crippen LogP contribution < -0.4 is 5.32 Å². The molecule has 0 amide bonds. The number of halogens is 1. The maximum Gasteiger partial charge on any atom is 0.165 e. The standard InChI is InChI=1S/C13H14FNO2/c1-9(15-8-11-3-2-6-17-11)10-4-5-13(16)12(14)7-10/h2-7,9,15-16H,8H2,1H3/t9-/m0/s1. The van der Waals surface area contributed by atoms with Crippen LogP contribution in [0.3, 0.4) is 0 Å². The summed E-state index contributed by atoms with van der Waals surface area (Å²) in [6.45, 7) is 2.51. The summed E-state index contributed by atoms with van der Waals surface area (Å²) in [6, 6.07) is 8.05. The van der Waals surface area contributed by atoms with Crippen molar-refractivity contribution in [3.05, 3.63) is 53.7 Å². The van der Waals surface area contributed by atoms with Crippen molar-refractivity contribution >= 4 is 0 Å². The van der Waals surface area contributed by atoms with Gasteiger partial charge in [-0.1, -0.05) is 6.07 Å². The number of phenolic OH excluding ortho intramolecular Hbond substituents is 1. The van der Waals surface area contributed by atoms with E-state index in [9.17, 15) is 4.39 Å². The third-order valence-electron chi connectivity index (χ3n) is 2.63. The monoisotopic (exact) mass is 235 g/mol. The molecular formula is C13H14FNO2. The summed E-state index contributed by atoms with van der Waals surface area (Å²) in [5.74, 6) is -0.0998. The highest BCUT2D eigenvalue weighted by molar-refractivity contribution is 5.29. The van der Waals surface area contributed by atoms with E-state index < -0.39 is 5.82 Å². The van der Waals surface area contributed by atoms with Gasteiger partial charge in [0.1, 0.15) is 5.76 Å². The second-order valence-corrected chi connectivity index (χ2v) is 3.89. The molecule has 1 atom stereocenters. The van der Waals surface area contributed by atoms with Crippen molar-refractivity contribution in [2.45, 2.75) is 19.5 Å². The van der Waals surface area contributed by atoms with Crippen LogP contribution in [0.5, 0.6) is 5.75 Å². The quantitative estimate of drug-likeness (QED) is 0.856. The Morgan fingerprint density at radius 2 is 2.24 bits per heavy atom. The molecule has 0 bridgehead atoms. The van der Waals surface area contributed by atoms with Crippen molar-refractivity contribution < 1.29 is 13.9 Å². The van der Waals surface area contributed by atoms with Gasteiger partial charge in [-0.05, 0) is 36.8 Å². The van der Waals surface area contributed by atoms with E-state index in [1.54, 1.807) is 12.3 Å². The summed E-state index contributed by atoms with van der Waals surface area (Å²) in [7, 11) is 0. The molecule has 0 unspecified atom stereocenters. The summed E-state index contributed by atoms with van der Waals surface area (Å²) < 4.78 is 18.3. The van der Waals surface area contributed by atoms with Gasteiger partial charge in [0.2, 0.25) is 0 Å². The highest BCUT2D eigenvalue weighted by Crippen LogP contribution is 2.20. The van der Waals surface area contributed by atoms with Gasteiger partial charge in [0.05, 0.1) is 12.8 Å². The second-order valence-electron chi connectivity index (χ2n) is 3.89. The third-order valence-corrected chi connectivity index (χ3v) is 2.63. The molecule has 2 rings (SSSR count). The van der Waals surface area contributed by atoms with E-state index in [4.69, 9.17) is 9.52 Å². The Hall–Kier alpha value is -1.81. The van der Waals surface area contributed by atoms with Gasteiger partial charge in [-0.2, -0.15) is 0 Å². The van der Waals surface area contributed by atoms with E-state index >= 15 is 0 Å². The van der Waals surface area contributed by atoms with Crippen LogP contribution in [-0.4, -0.2) is 5.11 Å². The summed E-state index contributed by atoms with van der Waals surface area (Å²) in [4.78, 5) is 0. The van der Waals surface area contributed by atoms with Crippen LogP contribution in [0.2, 0.25) is 0 Å².